The minimum Gasteiger partial charge on any atom is -0.496 e. The maximum Gasteiger partial charge on any atom is 0.412 e. The first kappa shape index (κ1) is 16.0. The Morgan fingerprint density at radius 2 is 1.90 bits per heavy atom. The van der Waals surface area contributed by atoms with Crippen LogP contribution in [-0.4, -0.2) is 24.6 Å². The summed E-state index contributed by atoms with van der Waals surface area (Å²) in [5.74, 6) is 0.551. The molecule has 0 unspecified atom stereocenters. The van der Waals surface area contributed by atoms with Crippen LogP contribution in [0.2, 0.25) is 0 Å². The maximum absolute atomic E-state index is 11.8. The third kappa shape index (κ3) is 4.91. The standard InChI is InChI=1S/C15H21NO4/c1-10(17)9-11-12(7-6-8-13(11)19-5)16-14(18)20-15(2,3)4/h6-8H,9H2,1-5H3,(H,16,18). The molecule has 0 aliphatic carbocycles. The van der Waals surface area contributed by atoms with E-state index in [0.717, 1.165) is 0 Å². The van der Waals surface area contributed by atoms with Crippen LogP contribution < -0.4 is 10.1 Å². The number of nitrogens with one attached hydrogen (secondary N) is 1. The van der Waals surface area contributed by atoms with Crippen molar-refractivity contribution in [2.24, 2.45) is 0 Å². The first-order chi connectivity index (χ1) is 9.23. The Morgan fingerprint density at radius 1 is 1.25 bits per heavy atom. The lowest BCUT2D eigenvalue weighted by Gasteiger charge is -2.21. The molecule has 0 radical (unpaired) electrons. The third-order valence-electron chi connectivity index (χ3n) is 2.41. The van der Waals surface area contributed by atoms with E-state index in [9.17, 15) is 9.59 Å². The molecular weight excluding hydrogens is 258 g/mol. The van der Waals surface area contributed by atoms with Gasteiger partial charge in [0.25, 0.3) is 0 Å². The van der Waals surface area contributed by atoms with Crippen LogP contribution >= 0.6 is 0 Å². The third-order valence-corrected chi connectivity index (χ3v) is 2.41. The molecule has 0 heterocycles. The Kier molecular flexibility index (Phi) is 5.13. The minimum atomic E-state index is -0.580. The summed E-state index contributed by atoms with van der Waals surface area (Å²) in [6.07, 6.45) is -0.370. The molecule has 1 amide bonds. The molecule has 0 atom stereocenters. The number of ketones is 1. The molecule has 20 heavy (non-hydrogen) atoms. The van der Waals surface area contributed by atoms with E-state index < -0.39 is 11.7 Å². The van der Waals surface area contributed by atoms with Crippen molar-refractivity contribution >= 4 is 17.6 Å². The van der Waals surface area contributed by atoms with Gasteiger partial charge < -0.3 is 9.47 Å². The molecular formula is C15H21NO4. The van der Waals surface area contributed by atoms with Gasteiger partial charge in [-0.05, 0) is 39.8 Å². The van der Waals surface area contributed by atoms with Crippen LogP contribution in [-0.2, 0) is 16.0 Å². The number of methoxy groups -OCH3 is 1. The first-order valence-electron chi connectivity index (χ1n) is 6.38. The summed E-state index contributed by atoms with van der Waals surface area (Å²) in [7, 11) is 1.52. The second-order valence-corrected chi connectivity index (χ2v) is 5.49. The zero-order chi connectivity index (χ0) is 15.3. The van der Waals surface area contributed by atoms with Gasteiger partial charge in [-0.2, -0.15) is 0 Å². The number of benzene rings is 1. The topological polar surface area (TPSA) is 64.6 Å². The second kappa shape index (κ2) is 6.41. The van der Waals surface area contributed by atoms with Crippen molar-refractivity contribution in [2.45, 2.75) is 39.7 Å². The normalized spacial score (nSPS) is 10.8. The molecule has 0 aliphatic heterocycles. The molecule has 1 rings (SSSR count). The van der Waals surface area contributed by atoms with Crippen LogP contribution in [0, 0.1) is 0 Å². The molecule has 5 heteroatoms. The Bertz CT molecular complexity index is 503. The Hall–Kier alpha value is -2.04. The van der Waals surface area contributed by atoms with Crippen molar-refractivity contribution in [1.82, 2.24) is 0 Å². The molecule has 1 N–H and O–H groups in total. The molecule has 0 saturated heterocycles. The molecule has 1 aromatic carbocycles. The number of rotatable bonds is 4. The molecule has 5 nitrogen and oxygen atoms in total. The van der Waals surface area contributed by atoms with Crippen molar-refractivity contribution in [3.63, 3.8) is 0 Å². The fourth-order valence-corrected chi connectivity index (χ4v) is 1.72. The highest BCUT2D eigenvalue weighted by atomic mass is 16.6. The zero-order valence-electron chi connectivity index (χ0n) is 12.6. The molecule has 0 spiro atoms. The van der Waals surface area contributed by atoms with Gasteiger partial charge in [-0.15, -0.1) is 0 Å². The van der Waals surface area contributed by atoms with Crippen LogP contribution in [0.15, 0.2) is 18.2 Å². The summed E-state index contributed by atoms with van der Waals surface area (Å²) in [5.41, 5.74) is 0.589. The lowest BCUT2D eigenvalue weighted by atomic mass is 10.1. The van der Waals surface area contributed by atoms with E-state index in [-0.39, 0.29) is 12.2 Å². The zero-order valence-corrected chi connectivity index (χ0v) is 12.6. The van der Waals surface area contributed by atoms with E-state index in [4.69, 9.17) is 9.47 Å². The van der Waals surface area contributed by atoms with E-state index in [1.165, 1.54) is 14.0 Å². The molecule has 1 aromatic rings. The van der Waals surface area contributed by atoms with Gasteiger partial charge >= 0.3 is 6.09 Å². The number of Topliss-reactive ketones (excluding diaryl/α,β-unsaturated/α-hetero) is 1. The number of anilines is 1. The average molecular weight is 279 g/mol. The molecule has 0 saturated carbocycles. The monoisotopic (exact) mass is 279 g/mol. The maximum atomic E-state index is 11.8. The van der Waals surface area contributed by atoms with Crippen molar-refractivity contribution < 1.29 is 19.1 Å². The van der Waals surface area contributed by atoms with Gasteiger partial charge in [-0.25, -0.2) is 4.79 Å². The SMILES string of the molecule is COc1cccc(NC(=O)OC(C)(C)C)c1CC(C)=O. The van der Waals surface area contributed by atoms with Crippen molar-refractivity contribution in [2.75, 3.05) is 12.4 Å². The van der Waals surface area contributed by atoms with Gasteiger partial charge in [0, 0.05) is 12.0 Å². The molecule has 0 bridgehead atoms. The van der Waals surface area contributed by atoms with E-state index in [2.05, 4.69) is 5.32 Å². The Labute approximate surface area is 119 Å². The van der Waals surface area contributed by atoms with Gasteiger partial charge in [0.1, 0.15) is 17.1 Å². The highest BCUT2D eigenvalue weighted by Gasteiger charge is 2.18. The summed E-state index contributed by atoms with van der Waals surface area (Å²) < 4.78 is 10.4. The van der Waals surface area contributed by atoms with Crippen molar-refractivity contribution in [1.29, 1.82) is 0 Å². The predicted molar refractivity (Wildman–Crippen MR) is 77.2 cm³/mol. The van der Waals surface area contributed by atoms with E-state index in [0.29, 0.717) is 17.0 Å². The number of ether oxygens (including phenoxy) is 2. The average Bonchev–Trinajstić information content (AvgIpc) is 2.28. The summed E-state index contributed by atoms with van der Waals surface area (Å²) >= 11 is 0. The Balaban J connectivity index is 2.99. The smallest absolute Gasteiger partial charge is 0.412 e. The van der Waals surface area contributed by atoms with Gasteiger partial charge in [0.15, 0.2) is 0 Å². The summed E-state index contributed by atoms with van der Waals surface area (Å²) in [5, 5.41) is 2.65. The first-order valence-corrected chi connectivity index (χ1v) is 6.38. The number of hydrogen-bond donors (Lipinski definition) is 1. The number of amides is 1. The molecule has 0 fully saturated rings. The predicted octanol–water partition coefficient (Wildman–Crippen LogP) is 3.17. The van der Waals surface area contributed by atoms with Crippen molar-refractivity contribution in [3.8, 4) is 5.75 Å². The number of carbonyl (C=O) groups excluding carboxylic acids is 2. The Morgan fingerprint density at radius 3 is 2.40 bits per heavy atom. The highest BCUT2D eigenvalue weighted by Crippen LogP contribution is 2.27. The molecule has 110 valence electrons. The quantitative estimate of drug-likeness (QED) is 0.919. The lowest BCUT2D eigenvalue weighted by Crippen LogP contribution is -2.27. The van der Waals surface area contributed by atoms with E-state index >= 15 is 0 Å². The van der Waals surface area contributed by atoms with Crippen LogP contribution in [0.1, 0.15) is 33.3 Å². The minimum absolute atomic E-state index is 0.0123. The number of carbonyl (C=O) groups is 2. The lowest BCUT2D eigenvalue weighted by molar-refractivity contribution is -0.116. The largest absolute Gasteiger partial charge is 0.496 e. The van der Waals surface area contributed by atoms with Crippen LogP contribution in [0.4, 0.5) is 10.5 Å². The number of hydrogen-bond acceptors (Lipinski definition) is 4. The van der Waals surface area contributed by atoms with Gasteiger partial charge in [0.05, 0.1) is 12.8 Å². The highest BCUT2D eigenvalue weighted by molar-refractivity contribution is 5.89. The van der Waals surface area contributed by atoms with Gasteiger partial charge in [-0.1, -0.05) is 6.07 Å². The second-order valence-electron chi connectivity index (χ2n) is 5.49. The fraction of sp³-hybridized carbons (Fsp3) is 0.467. The van der Waals surface area contributed by atoms with Crippen LogP contribution in [0.5, 0.6) is 5.75 Å². The summed E-state index contributed by atoms with van der Waals surface area (Å²) in [6, 6.07) is 5.21. The fourth-order valence-electron chi connectivity index (χ4n) is 1.72. The van der Waals surface area contributed by atoms with E-state index in [1.807, 2.05) is 0 Å². The van der Waals surface area contributed by atoms with E-state index in [1.54, 1.807) is 39.0 Å². The van der Waals surface area contributed by atoms with Gasteiger partial charge in [-0.3, -0.25) is 10.1 Å². The van der Waals surface area contributed by atoms with Crippen LogP contribution in [0.25, 0.3) is 0 Å². The molecule has 0 aliphatic rings. The summed E-state index contributed by atoms with van der Waals surface area (Å²) in [4.78, 5) is 23.2. The summed E-state index contributed by atoms with van der Waals surface area (Å²) in [6.45, 7) is 6.85. The van der Waals surface area contributed by atoms with Crippen molar-refractivity contribution in [3.05, 3.63) is 23.8 Å². The molecule has 0 aromatic heterocycles. The van der Waals surface area contributed by atoms with Gasteiger partial charge in [0.2, 0.25) is 0 Å². The van der Waals surface area contributed by atoms with Crippen LogP contribution in [0.3, 0.4) is 0 Å².